The lowest BCUT2D eigenvalue weighted by Crippen LogP contribution is -2.24. The maximum Gasteiger partial charge on any atom is 0.0628 e. The Hall–Kier alpha value is -0.810. The molecule has 0 radical (unpaired) electrons. The molecule has 72 valence electrons. The molecule has 0 aromatic heterocycles. The molecule has 0 atom stereocenters. The number of hydrogen-bond donors (Lipinski definition) is 1. The van der Waals surface area contributed by atoms with Crippen LogP contribution in [0.2, 0.25) is 0 Å². The van der Waals surface area contributed by atoms with Gasteiger partial charge in [-0.3, -0.25) is 0 Å². The van der Waals surface area contributed by atoms with Gasteiger partial charge >= 0.3 is 0 Å². The quantitative estimate of drug-likeness (QED) is 0.500. The van der Waals surface area contributed by atoms with Gasteiger partial charge in [0.05, 0.1) is 6.07 Å². The van der Waals surface area contributed by atoms with Gasteiger partial charge in [0, 0.05) is 13.0 Å². The third kappa shape index (κ3) is 3.61. The van der Waals surface area contributed by atoms with Gasteiger partial charge in [0.2, 0.25) is 0 Å². The molecular formula is C11H18N2. The van der Waals surface area contributed by atoms with E-state index in [2.05, 4.69) is 23.5 Å². The van der Waals surface area contributed by atoms with Gasteiger partial charge in [0.15, 0.2) is 0 Å². The summed E-state index contributed by atoms with van der Waals surface area (Å²) >= 11 is 0. The van der Waals surface area contributed by atoms with E-state index in [1.165, 1.54) is 12.8 Å². The van der Waals surface area contributed by atoms with Crippen molar-refractivity contribution in [3.05, 3.63) is 12.2 Å². The van der Waals surface area contributed by atoms with Crippen molar-refractivity contribution in [2.45, 2.75) is 32.6 Å². The van der Waals surface area contributed by atoms with Crippen LogP contribution < -0.4 is 5.32 Å². The minimum atomic E-state index is 0.352. The maximum atomic E-state index is 8.59. The Morgan fingerprint density at radius 3 is 2.85 bits per heavy atom. The highest BCUT2D eigenvalue weighted by Gasteiger charge is 2.41. The Morgan fingerprint density at radius 1 is 1.54 bits per heavy atom. The van der Waals surface area contributed by atoms with Crippen LogP contribution in [0.5, 0.6) is 0 Å². The molecule has 1 aliphatic rings. The standard InChI is InChI=1S/C11H18N2/c1-2-3-4-9-13-10-11(5-6-11)7-8-12/h2-3,13H,4-7,9-10H2,1H3/b3-2+. The molecule has 0 aromatic carbocycles. The van der Waals surface area contributed by atoms with E-state index in [0.717, 1.165) is 25.9 Å². The van der Waals surface area contributed by atoms with Crippen molar-refractivity contribution < 1.29 is 0 Å². The topological polar surface area (TPSA) is 35.8 Å². The molecular weight excluding hydrogens is 160 g/mol. The zero-order valence-corrected chi connectivity index (χ0v) is 8.34. The van der Waals surface area contributed by atoms with Crippen molar-refractivity contribution in [2.75, 3.05) is 13.1 Å². The van der Waals surface area contributed by atoms with Crippen molar-refractivity contribution in [1.29, 1.82) is 5.26 Å². The van der Waals surface area contributed by atoms with Gasteiger partial charge in [-0.25, -0.2) is 0 Å². The van der Waals surface area contributed by atoms with Gasteiger partial charge in [0.25, 0.3) is 0 Å². The molecule has 13 heavy (non-hydrogen) atoms. The molecule has 1 fully saturated rings. The molecule has 1 saturated carbocycles. The van der Waals surface area contributed by atoms with E-state index in [9.17, 15) is 0 Å². The Morgan fingerprint density at radius 2 is 2.31 bits per heavy atom. The summed E-state index contributed by atoms with van der Waals surface area (Å²) in [5.41, 5.74) is 0.352. The van der Waals surface area contributed by atoms with Crippen LogP contribution in [0.25, 0.3) is 0 Å². The minimum absolute atomic E-state index is 0.352. The molecule has 2 heteroatoms. The van der Waals surface area contributed by atoms with Crippen LogP contribution in [0, 0.1) is 16.7 Å². The SMILES string of the molecule is C/C=C/CCNCC1(CC#N)CC1. The van der Waals surface area contributed by atoms with E-state index in [4.69, 9.17) is 5.26 Å². The first-order valence-electron chi connectivity index (χ1n) is 5.02. The Kier molecular flexibility index (Phi) is 3.98. The average molecular weight is 178 g/mol. The fourth-order valence-corrected chi connectivity index (χ4v) is 1.47. The summed E-state index contributed by atoms with van der Waals surface area (Å²) in [6, 6.07) is 2.27. The van der Waals surface area contributed by atoms with E-state index in [1.807, 2.05) is 6.92 Å². The van der Waals surface area contributed by atoms with Crippen molar-refractivity contribution in [3.63, 3.8) is 0 Å². The lowest BCUT2D eigenvalue weighted by molar-refractivity contribution is 0.470. The first kappa shape index (κ1) is 10.3. The third-order valence-corrected chi connectivity index (χ3v) is 2.63. The van der Waals surface area contributed by atoms with Gasteiger partial charge in [-0.05, 0) is 38.1 Å². The molecule has 0 amide bonds. The number of allylic oxidation sites excluding steroid dienone is 1. The summed E-state index contributed by atoms with van der Waals surface area (Å²) in [6.07, 6.45) is 8.53. The molecule has 0 saturated heterocycles. The summed E-state index contributed by atoms with van der Waals surface area (Å²) in [5, 5.41) is 12.0. The molecule has 2 nitrogen and oxygen atoms in total. The van der Waals surface area contributed by atoms with Crippen molar-refractivity contribution in [2.24, 2.45) is 5.41 Å². The van der Waals surface area contributed by atoms with Gasteiger partial charge in [0.1, 0.15) is 0 Å². The summed E-state index contributed by atoms with van der Waals surface area (Å²) < 4.78 is 0. The molecule has 0 aliphatic heterocycles. The lowest BCUT2D eigenvalue weighted by atomic mass is 10.0. The number of nitrogens with one attached hydrogen (secondary N) is 1. The highest BCUT2D eigenvalue weighted by molar-refractivity contribution is 5.00. The number of nitriles is 1. The maximum absolute atomic E-state index is 8.59. The average Bonchev–Trinajstić information content (AvgIpc) is 2.86. The predicted octanol–water partition coefficient (Wildman–Crippen LogP) is 2.24. The van der Waals surface area contributed by atoms with Crippen LogP contribution in [0.15, 0.2) is 12.2 Å². The van der Waals surface area contributed by atoms with E-state index in [1.54, 1.807) is 0 Å². The van der Waals surface area contributed by atoms with Crippen LogP contribution in [-0.2, 0) is 0 Å². The van der Waals surface area contributed by atoms with E-state index in [-0.39, 0.29) is 0 Å². The van der Waals surface area contributed by atoms with Crippen molar-refractivity contribution >= 4 is 0 Å². The predicted molar refractivity (Wildman–Crippen MR) is 54.2 cm³/mol. The fraction of sp³-hybridized carbons (Fsp3) is 0.727. The highest BCUT2D eigenvalue weighted by Crippen LogP contribution is 2.47. The largest absolute Gasteiger partial charge is 0.316 e. The van der Waals surface area contributed by atoms with E-state index < -0.39 is 0 Å². The van der Waals surface area contributed by atoms with Crippen LogP contribution >= 0.6 is 0 Å². The number of hydrogen-bond acceptors (Lipinski definition) is 2. The van der Waals surface area contributed by atoms with Gasteiger partial charge in [-0.1, -0.05) is 12.2 Å². The van der Waals surface area contributed by atoms with Gasteiger partial charge < -0.3 is 5.32 Å². The van der Waals surface area contributed by atoms with Crippen LogP contribution in [0.3, 0.4) is 0 Å². The Balaban J connectivity index is 2.03. The zero-order valence-electron chi connectivity index (χ0n) is 8.34. The van der Waals surface area contributed by atoms with E-state index in [0.29, 0.717) is 5.41 Å². The monoisotopic (exact) mass is 178 g/mol. The molecule has 0 unspecified atom stereocenters. The molecule has 1 aliphatic carbocycles. The molecule has 1 N–H and O–H groups in total. The van der Waals surface area contributed by atoms with Crippen molar-refractivity contribution in [1.82, 2.24) is 5.32 Å². The second kappa shape index (κ2) is 5.04. The van der Waals surface area contributed by atoms with Crippen LogP contribution in [0.1, 0.15) is 32.6 Å². The first-order valence-corrected chi connectivity index (χ1v) is 5.02. The summed E-state index contributed by atoms with van der Waals surface area (Å²) in [4.78, 5) is 0. The molecule has 0 spiro atoms. The van der Waals surface area contributed by atoms with Gasteiger partial charge in [-0.15, -0.1) is 0 Å². The fourth-order valence-electron chi connectivity index (χ4n) is 1.47. The normalized spacial score (nSPS) is 18.8. The van der Waals surface area contributed by atoms with Crippen molar-refractivity contribution in [3.8, 4) is 6.07 Å². The Labute approximate surface area is 80.6 Å². The molecule has 0 bridgehead atoms. The highest BCUT2D eigenvalue weighted by atomic mass is 14.9. The summed E-state index contributed by atoms with van der Waals surface area (Å²) in [6.45, 7) is 4.10. The van der Waals surface area contributed by atoms with Gasteiger partial charge in [-0.2, -0.15) is 5.26 Å². The van der Waals surface area contributed by atoms with E-state index >= 15 is 0 Å². The summed E-state index contributed by atoms with van der Waals surface area (Å²) in [5.74, 6) is 0. The summed E-state index contributed by atoms with van der Waals surface area (Å²) in [7, 11) is 0. The molecule has 1 rings (SSSR count). The smallest absolute Gasteiger partial charge is 0.0628 e. The zero-order chi connectivity index (χ0) is 9.57. The minimum Gasteiger partial charge on any atom is -0.316 e. The third-order valence-electron chi connectivity index (χ3n) is 2.63. The van der Waals surface area contributed by atoms with Crippen LogP contribution in [0.4, 0.5) is 0 Å². The van der Waals surface area contributed by atoms with Crippen LogP contribution in [-0.4, -0.2) is 13.1 Å². The Bertz CT molecular complexity index is 209. The second-order valence-corrected chi connectivity index (χ2v) is 3.87. The molecule has 0 heterocycles. The first-order chi connectivity index (χ1) is 6.33. The second-order valence-electron chi connectivity index (χ2n) is 3.87. The molecule has 0 aromatic rings. The lowest BCUT2D eigenvalue weighted by Gasteiger charge is -2.10. The number of nitrogens with zero attached hydrogens (tertiary/aromatic N) is 1. The number of rotatable bonds is 6.